The molecule has 0 aliphatic carbocycles. The summed E-state index contributed by atoms with van der Waals surface area (Å²) in [7, 11) is -1.86. The molecule has 1 atom stereocenters. The average molecular weight is 509 g/mol. The van der Waals surface area contributed by atoms with Crippen molar-refractivity contribution >= 4 is 13.5 Å². The van der Waals surface area contributed by atoms with Crippen LogP contribution >= 0.6 is 0 Å². The van der Waals surface area contributed by atoms with Crippen molar-refractivity contribution in [3.05, 3.63) is 115 Å². The third-order valence-electron chi connectivity index (χ3n) is 6.89. The van der Waals surface area contributed by atoms with E-state index in [1.165, 1.54) is 11.2 Å². The number of hydrogen-bond donors (Lipinski definition) is 3. The number of aromatic amines is 2. The van der Waals surface area contributed by atoms with Crippen LogP contribution in [0.1, 0.15) is 25.2 Å². The van der Waals surface area contributed by atoms with Crippen LogP contribution in [-0.2, 0) is 17.6 Å². The molecular formula is C30H32N4O2Si. The van der Waals surface area contributed by atoms with E-state index in [0.717, 1.165) is 34.2 Å². The van der Waals surface area contributed by atoms with Gasteiger partial charge in [-0.3, -0.25) is 0 Å². The van der Waals surface area contributed by atoms with Gasteiger partial charge in [-0.15, -0.1) is 0 Å². The van der Waals surface area contributed by atoms with E-state index < -0.39 is 8.32 Å². The molecule has 5 aromatic rings. The SMILES string of the molecule is CC1(C)C[Si]1(OCc1cnc(-c2ccccc2)[nH]1)c1ccccc1.OCc1cnc(-c2ccccc2)[nH]1. The molecule has 0 bridgehead atoms. The highest BCUT2D eigenvalue weighted by Gasteiger charge is 2.67. The van der Waals surface area contributed by atoms with Crippen LogP contribution in [0, 0.1) is 0 Å². The lowest BCUT2D eigenvalue weighted by atomic mass is 10.2. The van der Waals surface area contributed by atoms with E-state index in [1.54, 1.807) is 6.20 Å². The van der Waals surface area contributed by atoms with E-state index in [9.17, 15) is 0 Å². The second-order valence-corrected chi connectivity index (χ2v) is 14.2. The van der Waals surface area contributed by atoms with Crippen LogP contribution in [0.2, 0.25) is 11.1 Å². The van der Waals surface area contributed by atoms with Crippen molar-refractivity contribution in [2.75, 3.05) is 0 Å². The topological polar surface area (TPSA) is 86.8 Å². The highest BCUT2D eigenvalue weighted by molar-refractivity contribution is 6.98. The molecule has 1 saturated heterocycles. The first kappa shape index (κ1) is 24.9. The molecule has 6 rings (SSSR count). The largest absolute Gasteiger partial charge is 0.406 e. The van der Waals surface area contributed by atoms with Crippen LogP contribution in [-0.4, -0.2) is 33.4 Å². The molecule has 3 N–H and O–H groups in total. The van der Waals surface area contributed by atoms with E-state index in [2.05, 4.69) is 76.2 Å². The average Bonchev–Trinajstić information content (AvgIpc) is 3.35. The quantitative estimate of drug-likeness (QED) is 0.242. The van der Waals surface area contributed by atoms with Gasteiger partial charge in [0.1, 0.15) is 11.6 Å². The third-order valence-corrected chi connectivity index (χ3v) is 12.1. The number of H-pyrrole nitrogens is 2. The highest BCUT2D eigenvalue weighted by Crippen LogP contribution is 2.61. The lowest BCUT2D eigenvalue weighted by molar-refractivity contribution is 0.277. The maximum Gasteiger partial charge on any atom is 0.230 e. The molecule has 1 aliphatic heterocycles. The highest BCUT2D eigenvalue weighted by atomic mass is 28.4. The molecule has 1 aliphatic rings. The number of aliphatic hydroxyl groups is 1. The maximum absolute atomic E-state index is 8.83. The summed E-state index contributed by atoms with van der Waals surface area (Å²) < 4.78 is 6.54. The predicted octanol–water partition coefficient (Wildman–Crippen LogP) is 5.81. The molecule has 0 saturated carbocycles. The summed E-state index contributed by atoms with van der Waals surface area (Å²) in [6.07, 6.45) is 3.53. The number of aliphatic hydroxyl groups excluding tert-OH is 1. The van der Waals surface area contributed by atoms with E-state index >= 15 is 0 Å². The van der Waals surface area contributed by atoms with Gasteiger partial charge in [0, 0.05) is 11.1 Å². The third kappa shape index (κ3) is 5.49. The van der Waals surface area contributed by atoms with Crippen molar-refractivity contribution in [2.24, 2.45) is 0 Å². The van der Waals surface area contributed by atoms with E-state index in [0.29, 0.717) is 11.6 Å². The Balaban J connectivity index is 0.000000182. The molecule has 1 fully saturated rings. The molecule has 1 unspecified atom stereocenters. The Morgan fingerprint density at radius 1 is 0.757 bits per heavy atom. The van der Waals surface area contributed by atoms with Crippen molar-refractivity contribution in [3.8, 4) is 22.8 Å². The normalized spacial score (nSPS) is 17.6. The summed E-state index contributed by atoms with van der Waals surface area (Å²) >= 11 is 0. The van der Waals surface area contributed by atoms with Crippen molar-refractivity contribution in [1.82, 2.24) is 19.9 Å². The van der Waals surface area contributed by atoms with E-state index in [1.807, 2.05) is 54.7 Å². The molecule has 0 spiro atoms. The Morgan fingerprint density at radius 2 is 1.22 bits per heavy atom. The first-order valence-electron chi connectivity index (χ1n) is 12.5. The standard InChI is InChI=1S/C20H22N2OSi.C10H10N2O/c1-20(2)15-24(20,18-11-7-4-8-12-18)23-14-17-13-21-19(22-17)16-9-5-3-6-10-16;13-7-9-6-11-10(12-9)8-4-2-1-3-5-8/h3-13H,14-15H2,1-2H3,(H,21,22);1-6,13H,7H2,(H,11,12). The van der Waals surface area contributed by atoms with Crippen LogP contribution in [0.25, 0.3) is 22.8 Å². The van der Waals surface area contributed by atoms with Gasteiger partial charge in [0.15, 0.2) is 0 Å². The van der Waals surface area contributed by atoms with E-state index in [4.69, 9.17) is 9.53 Å². The fourth-order valence-corrected chi connectivity index (χ4v) is 9.08. The van der Waals surface area contributed by atoms with Gasteiger partial charge in [0.25, 0.3) is 0 Å². The summed E-state index contributed by atoms with van der Waals surface area (Å²) in [5, 5.41) is 10.5. The van der Waals surface area contributed by atoms with Crippen LogP contribution in [0.3, 0.4) is 0 Å². The smallest absolute Gasteiger partial charge is 0.230 e. The zero-order chi connectivity index (χ0) is 25.7. The first-order chi connectivity index (χ1) is 18.0. The second kappa shape index (κ2) is 10.7. The summed E-state index contributed by atoms with van der Waals surface area (Å²) in [6, 6.07) is 31.9. The van der Waals surface area contributed by atoms with Crippen LogP contribution in [0.15, 0.2) is 103 Å². The molecular weight excluding hydrogens is 476 g/mol. The van der Waals surface area contributed by atoms with Gasteiger partial charge in [0.05, 0.1) is 37.0 Å². The fourth-order valence-electron chi connectivity index (χ4n) is 4.67. The van der Waals surface area contributed by atoms with Gasteiger partial charge in [-0.25, -0.2) is 9.97 Å². The first-order valence-corrected chi connectivity index (χ1v) is 14.6. The lowest BCUT2D eigenvalue weighted by Gasteiger charge is -2.19. The number of aromatic nitrogens is 4. The Hall–Kier alpha value is -3.78. The second-order valence-electron chi connectivity index (χ2n) is 9.95. The Morgan fingerprint density at radius 3 is 1.68 bits per heavy atom. The Kier molecular flexibility index (Phi) is 7.19. The zero-order valence-electron chi connectivity index (χ0n) is 21.2. The van der Waals surface area contributed by atoms with E-state index in [-0.39, 0.29) is 6.61 Å². The predicted molar refractivity (Wildman–Crippen MR) is 149 cm³/mol. The summed E-state index contributed by atoms with van der Waals surface area (Å²) in [5.41, 5.74) is 3.91. The molecule has 188 valence electrons. The van der Waals surface area contributed by atoms with Gasteiger partial charge >= 0.3 is 0 Å². The van der Waals surface area contributed by atoms with Gasteiger partial charge in [-0.2, -0.15) is 0 Å². The monoisotopic (exact) mass is 508 g/mol. The minimum absolute atomic E-state index is 0.000165. The Bertz CT molecular complexity index is 1420. The number of rotatable bonds is 7. The molecule has 37 heavy (non-hydrogen) atoms. The molecule has 3 heterocycles. The molecule has 6 nitrogen and oxygen atoms in total. The Labute approximate surface area is 218 Å². The zero-order valence-corrected chi connectivity index (χ0v) is 22.2. The molecule has 7 heteroatoms. The van der Waals surface area contributed by atoms with Gasteiger partial charge < -0.3 is 19.5 Å². The van der Waals surface area contributed by atoms with Crippen LogP contribution in [0.5, 0.6) is 0 Å². The number of nitrogens with one attached hydrogen (secondary N) is 2. The van der Waals surface area contributed by atoms with Crippen LogP contribution < -0.4 is 5.19 Å². The molecule has 2 aromatic heterocycles. The summed E-state index contributed by atoms with van der Waals surface area (Å²) in [5.74, 6) is 1.70. The fraction of sp³-hybridized carbons (Fsp3) is 0.200. The number of nitrogens with zero attached hydrogens (tertiary/aromatic N) is 2. The molecule has 0 amide bonds. The van der Waals surface area contributed by atoms with Crippen molar-refractivity contribution in [1.29, 1.82) is 0 Å². The van der Waals surface area contributed by atoms with Crippen LogP contribution in [0.4, 0.5) is 0 Å². The van der Waals surface area contributed by atoms with Gasteiger partial charge in [-0.05, 0) is 16.3 Å². The van der Waals surface area contributed by atoms with Crippen molar-refractivity contribution in [2.45, 2.75) is 38.1 Å². The number of hydrogen-bond acceptors (Lipinski definition) is 4. The van der Waals surface area contributed by atoms with Gasteiger partial charge in [-0.1, -0.05) is 105 Å². The van der Waals surface area contributed by atoms with Crippen molar-refractivity contribution in [3.63, 3.8) is 0 Å². The summed E-state index contributed by atoms with van der Waals surface area (Å²) in [6.45, 7) is 5.26. The van der Waals surface area contributed by atoms with Crippen molar-refractivity contribution < 1.29 is 9.53 Å². The maximum atomic E-state index is 8.83. The minimum atomic E-state index is -1.86. The molecule has 3 aromatic carbocycles. The minimum Gasteiger partial charge on any atom is -0.406 e. The lowest BCUT2D eigenvalue weighted by Crippen LogP contribution is -2.39. The number of imidazole rings is 2. The van der Waals surface area contributed by atoms with Gasteiger partial charge in [0.2, 0.25) is 8.32 Å². The summed E-state index contributed by atoms with van der Waals surface area (Å²) in [4.78, 5) is 15.1. The number of benzene rings is 3. The molecule has 0 radical (unpaired) electrons.